The highest BCUT2D eigenvalue weighted by Crippen LogP contribution is 2.40. The Balaban J connectivity index is 1.26. The number of fused-ring (bicyclic) bond motifs is 4. The van der Waals surface area contributed by atoms with Crippen molar-refractivity contribution in [3.63, 3.8) is 0 Å². The van der Waals surface area contributed by atoms with E-state index in [0.717, 1.165) is 74.0 Å². The quantitative estimate of drug-likeness (QED) is 0.176. The Morgan fingerprint density at radius 2 is 1.77 bits per heavy atom. The lowest BCUT2D eigenvalue weighted by Crippen LogP contribution is -2.55. The fourth-order valence-corrected chi connectivity index (χ4v) is 7.64. The van der Waals surface area contributed by atoms with Gasteiger partial charge in [-0.15, -0.1) is 0 Å². The molecule has 1 amide bonds. The van der Waals surface area contributed by atoms with Gasteiger partial charge in [0.05, 0.1) is 11.1 Å². The molecule has 2 aliphatic heterocycles. The van der Waals surface area contributed by atoms with Crippen molar-refractivity contribution in [1.29, 1.82) is 0 Å². The Morgan fingerprint density at radius 1 is 1.05 bits per heavy atom. The van der Waals surface area contributed by atoms with Crippen LogP contribution in [0.3, 0.4) is 0 Å². The lowest BCUT2D eigenvalue weighted by molar-refractivity contribution is -0.144. The molecule has 6 nitrogen and oxygen atoms in total. The van der Waals surface area contributed by atoms with Gasteiger partial charge >= 0.3 is 0 Å². The van der Waals surface area contributed by atoms with Crippen molar-refractivity contribution in [2.45, 2.75) is 96.9 Å². The minimum atomic E-state index is -0.635. The summed E-state index contributed by atoms with van der Waals surface area (Å²) in [5.41, 5.74) is 8.72. The lowest BCUT2D eigenvalue weighted by Gasteiger charge is -2.47. The first kappa shape index (κ1) is 30.5. The lowest BCUT2D eigenvalue weighted by atomic mass is 9.76. The van der Waals surface area contributed by atoms with Crippen molar-refractivity contribution >= 4 is 16.9 Å². The van der Waals surface area contributed by atoms with Gasteiger partial charge in [-0.25, -0.2) is 4.98 Å². The normalized spacial score (nSPS) is 19.1. The Morgan fingerprint density at radius 3 is 2.45 bits per heavy atom. The molecule has 2 saturated heterocycles. The van der Waals surface area contributed by atoms with Gasteiger partial charge in [0.25, 0.3) is 0 Å². The SMILES string of the molecule is Cc1cc(C)cc(-c2[nH]c3ncc(C(C)(C)C(=O)N4CC5CCC4CC5)cc3c2[C@H](C)CNCCCCc2ccncc2)c1. The number of nitrogens with zero attached hydrogens (tertiary/aromatic N) is 3. The highest BCUT2D eigenvalue weighted by molar-refractivity contribution is 5.93. The standard InChI is InChI=1S/C38H49N5O/c1-25-18-26(2)20-30(19-25)35-34(27(3)22-40-15-7-6-8-28-13-16-39-17-14-28)33-21-31(23-41-36(33)42-35)38(4,5)37(44)43-24-29-9-11-32(43)12-10-29/h13-14,16-21,23,27,29,32,40H,6-12,15,22,24H2,1-5H3,(H,41,42)/t27-,29?,32?/m1/s1. The summed E-state index contributed by atoms with van der Waals surface area (Å²) in [5, 5.41) is 4.87. The van der Waals surface area contributed by atoms with Crippen LogP contribution in [0.25, 0.3) is 22.3 Å². The minimum Gasteiger partial charge on any atom is -0.339 e. The van der Waals surface area contributed by atoms with Crippen LogP contribution in [-0.2, 0) is 16.6 Å². The maximum atomic E-state index is 14.1. The fraction of sp³-hybridized carbons (Fsp3) is 0.500. The van der Waals surface area contributed by atoms with Crippen molar-refractivity contribution in [2.75, 3.05) is 19.6 Å². The van der Waals surface area contributed by atoms with E-state index in [4.69, 9.17) is 4.98 Å². The van der Waals surface area contributed by atoms with Gasteiger partial charge in [0.1, 0.15) is 5.65 Å². The molecule has 1 atom stereocenters. The number of H-pyrrole nitrogens is 1. The van der Waals surface area contributed by atoms with Crippen molar-refractivity contribution < 1.29 is 4.79 Å². The molecular weight excluding hydrogens is 542 g/mol. The van der Waals surface area contributed by atoms with Gasteiger partial charge < -0.3 is 15.2 Å². The van der Waals surface area contributed by atoms with Crippen LogP contribution in [0.5, 0.6) is 0 Å². The van der Waals surface area contributed by atoms with E-state index in [1.54, 1.807) is 0 Å². The van der Waals surface area contributed by atoms with Gasteiger partial charge in [-0.2, -0.15) is 0 Å². The van der Waals surface area contributed by atoms with E-state index in [1.165, 1.54) is 40.7 Å². The van der Waals surface area contributed by atoms with Gasteiger partial charge in [0.2, 0.25) is 5.91 Å². The predicted octanol–water partition coefficient (Wildman–Crippen LogP) is 7.64. The number of benzene rings is 1. The van der Waals surface area contributed by atoms with Crippen LogP contribution in [0.2, 0.25) is 0 Å². The van der Waals surface area contributed by atoms with E-state index < -0.39 is 5.41 Å². The summed E-state index contributed by atoms with van der Waals surface area (Å²) >= 11 is 0. The first-order valence-electron chi connectivity index (χ1n) is 16.7. The Hall–Kier alpha value is -3.51. The van der Waals surface area contributed by atoms with E-state index >= 15 is 0 Å². The van der Waals surface area contributed by atoms with E-state index in [0.29, 0.717) is 12.0 Å². The summed E-state index contributed by atoms with van der Waals surface area (Å²) in [6, 6.07) is 13.6. The molecule has 6 heteroatoms. The molecular formula is C38H49N5O. The third-order valence-electron chi connectivity index (χ3n) is 10.2. The number of unbranched alkanes of at least 4 members (excludes halogenated alkanes) is 1. The summed E-state index contributed by atoms with van der Waals surface area (Å²) in [5.74, 6) is 1.18. The second-order valence-electron chi connectivity index (χ2n) is 14.1. The van der Waals surface area contributed by atoms with Gasteiger partial charge in [-0.05, 0) is 144 Å². The average Bonchev–Trinajstić information content (AvgIpc) is 3.42. The molecule has 2 N–H and O–H groups in total. The van der Waals surface area contributed by atoms with Crippen molar-refractivity contribution in [1.82, 2.24) is 25.2 Å². The van der Waals surface area contributed by atoms with Crippen LogP contribution < -0.4 is 5.32 Å². The van der Waals surface area contributed by atoms with Crippen LogP contribution in [0.4, 0.5) is 0 Å². The Kier molecular flexibility index (Phi) is 8.91. The average molecular weight is 592 g/mol. The zero-order valence-corrected chi connectivity index (χ0v) is 27.2. The number of rotatable bonds is 11. The van der Waals surface area contributed by atoms with Crippen LogP contribution in [-0.4, -0.2) is 51.4 Å². The number of piperidine rings is 2. The van der Waals surface area contributed by atoms with Gasteiger partial charge in [0, 0.05) is 43.1 Å². The van der Waals surface area contributed by atoms with Gasteiger partial charge in [-0.3, -0.25) is 9.78 Å². The molecule has 1 saturated carbocycles. The van der Waals surface area contributed by atoms with Crippen molar-refractivity contribution in [3.05, 3.63) is 82.8 Å². The number of hydrogen-bond acceptors (Lipinski definition) is 4. The van der Waals surface area contributed by atoms with E-state index in [-0.39, 0.29) is 11.8 Å². The topological polar surface area (TPSA) is 73.9 Å². The molecule has 3 aliphatic rings. The molecule has 4 aromatic rings. The highest BCUT2D eigenvalue weighted by Gasteiger charge is 2.42. The molecule has 1 aliphatic carbocycles. The molecule has 1 aromatic carbocycles. The summed E-state index contributed by atoms with van der Waals surface area (Å²) in [6.07, 6.45) is 13.9. The van der Waals surface area contributed by atoms with E-state index in [1.807, 2.05) is 18.6 Å². The van der Waals surface area contributed by atoms with Crippen LogP contribution in [0.1, 0.15) is 93.0 Å². The largest absolute Gasteiger partial charge is 0.339 e. The monoisotopic (exact) mass is 591 g/mol. The first-order valence-corrected chi connectivity index (χ1v) is 16.7. The number of amides is 1. The Bertz CT molecular complexity index is 1580. The summed E-state index contributed by atoms with van der Waals surface area (Å²) in [6.45, 7) is 13.6. The summed E-state index contributed by atoms with van der Waals surface area (Å²) in [7, 11) is 0. The van der Waals surface area contributed by atoms with Crippen LogP contribution in [0, 0.1) is 19.8 Å². The minimum absolute atomic E-state index is 0.251. The molecule has 3 aromatic heterocycles. The number of aryl methyl sites for hydroxylation is 3. The summed E-state index contributed by atoms with van der Waals surface area (Å²) in [4.78, 5) is 29.0. The van der Waals surface area contributed by atoms with Gasteiger partial charge in [0.15, 0.2) is 0 Å². The maximum Gasteiger partial charge on any atom is 0.232 e. The molecule has 44 heavy (non-hydrogen) atoms. The smallest absolute Gasteiger partial charge is 0.232 e. The molecule has 3 fully saturated rings. The molecule has 5 heterocycles. The predicted molar refractivity (Wildman–Crippen MR) is 180 cm³/mol. The summed E-state index contributed by atoms with van der Waals surface area (Å²) < 4.78 is 0. The number of carbonyl (C=O) groups excluding carboxylic acids is 1. The molecule has 0 unspecified atom stereocenters. The molecule has 232 valence electrons. The van der Waals surface area contributed by atoms with E-state index in [9.17, 15) is 4.79 Å². The zero-order chi connectivity index (χ0) is 30.8. The van der Waals surface area contributed by atoms with Gasteiger partial charge in [-0.1, -0.05) is 24.1 Å². The number of aromatic nitrogens is 3. The zero-order valence-electron chi connectivity index (χ0n) is 27.2. The molecule has 7 rings (SSSR count). The first-order chi connectivity index (χ1) is 21.2. The van der Waals surface area contributed by atoms with Crippen molar-refractivity contribution in [2.24, 2.45) is 5.92 Å². The van der Waals surface area contributed by atoms with Crippen molar-refractivity contribution in [3.8, 4) is 11.3 Å². The number of aromatic amines is 1. The number of nitrogens with one attached hydrogen (secondary N) is 2. The van der Waals surface area contributed by atoms with Crippen LogP contribution in [0.15, 0.2) is 55.0 Å². The molecule has 0 radical (unpaired) electrons. The third-order valence-corrected chi connectivity index (χ3v) is 10.2. The maximum absolute atomic E-state index is 14.1. The number of pyridine rings is 2. The third kappa shape index (κ3) is 6.32. The number of hydrogen-bond donors (Lipinski definition) is 2. The van der Waals surface area contributed by atoms with Crippen LogP contribution >= 0.6 is 0 Å². The van der Waals surface area contributed by atoms with E-state index in [2.05, 4.69) is 91.2 Å². The fourth-order valence-electron chi connectivity index (χ4n) is 7.64. The number of carbonyl (C=O) groups is 1. The molecule has 2 bridgehead atoms. The second kappa shape index (κ2) is 12.8. The second-order valence-corrected chi connectivity index (χ2v) is 14.1. The highest BCUT2D eigenvalue weighted by atomic mass is 16.2. The Labute approximate surface area is 263 Å². The molecule has 0 spiro atoms.